The van der Waals surface area contributed by atoms with Gasteiger partial charge < -0.3 is 5.32 Å². The molecule has 0 bridgehead atoms. The van der Waals surface area contributed by atoms with Gasteiger partial charge in [0, 0.05) is 11.6 Å². The molecule has 3 aromatic carbocycles. The zero-order valence-corrected chi connectivity index (χ0v) is 17.5. The molecule has 1 atom stereocenters. The summed E-state index contributed by atoms with van der Waals surface area (Å²) in [5, 5.41) is 3.34. The number of halogens is 2. The van der Waals surface area contributed by atoms with Crippen LogP contribution in [0.3, 0.4) is 0 Å². The van der Waals surface area contributed by atoms with Crippen molar-refractivity contribution >= 4 is 27.5 Å². The normalized spacial score (nSPS) is 12.3. The maximum atomic E-state index is 13.2. The van der Waals surface area contributed by atoms with Crippen molar-refractivity contribution in [1.29, 1.82) is 0 Å². The molecule has 5 nitrogen and oxygen atoms in total. The number of hydrogen-bond acceptors (Lipinski definition) is 3. The first-order valence-electron chi connectivity index (χ1n) is 9.17. The summed E-state index contributed by atoms with van der Waals surface area (Å²) in [4.78, 5) is 12.7. The highest BCUT2D eigenvalue weighted by atomic mass is 35.5. The molecule has 2 N–H and O–H groups in total. The fraction of sp³-hybridized carbons (Fsp3) is 0.136. The van der Waals surface area contributed by atoms with E-state index in [-0.39, 0.29) is 17.9 Å². The molecule has 30 heavy (non-hydrogen) atoms. The topological polar surface area (TPSA) is 75.3 Å². The monoisotopic (exact) mass is 446 g/mol. The van der Waals surface area contributed by atoms with Crippen molar-refractivity contribution in [3.63, 3.8) is 0 Å². The summed E-state index contributed by atoms with van der Waals surface area (Å²) in [7, 11) is -4.02. The van der Waals surface area contributed by atoms with Gasteiger partial charge in [-0.3, -0.25) is 4.79 Å². The van der Waals surface area contributed by atoms with Crippen molar-refractivity contribution in [3.05, 3.63) is 101 Å². The van der Waals surface area contributed by atoms with Gasteiger partial charge in [0.2, 0.25) is 15.9 Å². The van der Waals surface area contributed by atoms with Gasteiger partial charge in [0.05, 0.1) is 4.90 Å². The number of amides is 1. The lowest BCUT2D eigenvalue weighted by Gasteiger charge is -2.19. The zero-order valence-electron chi connectivity index (χ0n) is 15.9. The van der Waals surface area contributed by atoms with Crippen molar-refractivity contribution in [3.8, 4) is 0 Å². The molecule has 0 unspecified atom stereocenters. The average molecular weight is 447 g/mol. The smallest absolute Gasteiger partial charge is 0.241 e. The Hall–Kier alpha value is -2.74. The minimum Gasteiger partial charge on any atom is -0.351 e. The van der Waals surface area contributed by atoms with E-state index in [1.54, 1.807) is 24.3 Å². The third kappa shape index (κ3) is 6.13. The maximum absolute atomic E-state index is 13.2. The molecule has 156 valence electrons. The molecule has 0 aromatic heterocycles. The van der Waals surface area contributed by atoms with Gasteiger partial charge in [0.25, 0.3) is 0 Å². The molecule has 0 aliphatic carbocycles. The molecular formula is C22H20ClFN2O3S. The summed E-state index contributed by atoms with van der Waals surface area (Å²) in [6.45, 7) is 0.222. The fourth-order valence-corrected chi connectivity index (χ4v) is 4.14. The Morgan fingerprint density at radius 3 is 2.17 bits per heavy atom. The summed E-state index contributed by atoms with van der Waals surface area (Å²) >= 11 is 5.87. The molecule has 0 aliphatic rings. The third-order valence-electron chi connectivity index (χ3n) is 4.40. The first kappa shape index (κ1) is 22.0. The highest BCUT2D eigenvalue weighted by Crippen LogP contribution is 2.13. The Balaban J connectivity index is 1.77. The summed E-state index contributed by atoms with van der Waals surface area (Å²) in [5.41, 5.74) is 1.62. The lowest BCUT2D eigenvalue weighted by molar-refractivity contribution is -0.122. The van der Waals surface area contributed by atoms with Crippen LogP contribution >= 0.6 is 11.6 Å². The quantitative estimate of drug-likeness (QED) is 0.554. The molecule has 0 spiro atoms. The van der Waals surface area contributed by atoms with Gasteiger partial charge in [-0.1, -0.05) is 54.1 Å². The van der Waals surface area contributed by atoms with E-state index < -0.39 is 27.8 Å². The molecule has 8 heteroatoms. The molecule has 0 saturated carbocycles. The number of sulfonamides is 1. The Labute approximate surface area is 179 Å². The van der Waals surface area contributed by atoms with E-state index in [0.29, 0.717) is 5.02 Å². The van der Waals surface area contributed by atoms with Gasteiger partial charge >= 0.3 is 0 Å². The van der Waals surface area contributed by atoms with Gasteiger partial charge in [-0.25, -0.2) is 12.8 Å². The van der Waals surface area contributed by atoms with Crippen LogP contribution in [0.25, 0.3) is 0 Å². The van der Waals surface area contributed by atoms with Gasteiger partial charge in [-0.2, -0.15) is 4.72 Å². The standard InChI is InChI=1S/C22H20ClFN2O3S/c23-18-8-6-17(7-9-18)15-25-22(27)21(14-16-4-2-1-3-5-16)26-30(28,29)20-12-10-19(24)11-13-20/h1-13,21,26H,14-15H2,(H,25,27)/t21-/m1/s1. The Morgan fingerprint density at radius 2 is 1.53 bits per heavy atom. The van der Waals surface area contributed by atoms with Crippen molar-refractivity contribution < 1.29 is 17.6 Å². The lowest BCUT2D eigenvalue weighted by atomic mass is 10.1. The molecule has 0 saturated heterocycles. The van der Waals surface area contributed by atoms with E-state index in [1.165, 1.54) is 0 Å². The number of carbonyl (C=O) groups excluding carboxylic acids is 1. The predicted octanol–water partition coefficient (Wildman–Crippen LogP) is 3.69. The van der Waals surface area contributed by atoms with Crippen LogP contribution in [0, 0.1) is 5.82 Å². The second-order valence-electron chi connectivity index (χ2n) is 6.66. The molecule has 0 fully saturated rings. The summed E-state index contributed by atoms with van der Waals surface area (Å²) < 4.78 is 41.1. The van der Waals surface area contributed by atoms with Gasteiger partial charge in [0.15, 0.2) is 0 Å². The second kappa shape index (κ2) is 9.84. The van der Waals surface area contributed by atoms with E-state index in [2.05, 4.69) is 10.0 Å². The Morgan fingerprint density at radius 1 is 0.900 bits per heavy atom. The predicted molar refractivity (Wildman–Crippen MR) is 114 cm³/mol. The number of hydrogen-bond donors (Lipinski definition) is 2. The first-order chi connectivity index (χ1) is 14.3. The first-order valence-corrected chi connectivity index (χ1v) is 11.0. The van der Waals surface area contributed by atoms with E-state index in [1.807, 2.05) is 30.3 Å². The summed E-state index contributed by atoms with van der Waals surface area (Å²) in [6, 6.07) is 19.4. The van der Waals surface area contributed by atoms with E-state index in [9.17, 15) is 17.6 Å². The number of benzene rings is 3. The van der Waals surface area contributed by atoms with Crippen molar-refractivity contribution in [2.24, 2.45) is 0 Å². The van der Waals surface area contributed by atoms with Crippen molar-refractivity contribution in [2.45, 2.75) is 23.9 Å². The van der Waals surface area contributed by atoms with Crippen LogP contribution in [0.4, 0.5) is 4.39 Å². The van der Waals surface area contributed by atoms with Gasteiger partial charge in [-0.15, -0.1) is 0 Å². The van der Waals surface area contributed by atoms with E-state index in [4.69, 9.17) is 11.6 Å². The van der Waals surface area contributed by atoms with E-state index in [0.717, 1.165) is 35.4 Å². The van der Waals surface area contributed by atoms with Crippen LogP contribution < -0.4 is 10.0 Å². The average Bonchev–Trinajstić information content (AvgIpc) is 2.73. The molecule has 0 aliphatic heterocycles. The second-order valence-corrected chi connectivity index (χ2v) is 8.81. The van der Waals surface area contributed by atoms with Crippen LogP contribution in [-0.2, 0) is 27.8 Å². The van der Waals surface area contributed by atoms with Crippen LogP contribution in [0.5, 0.6) is 0 Å². The molecule has 3 rings (SSSR count). The van der Waals surface area contributed by atoms with Crippen LogP contribution in [0.2, 0.25) is 5.02 Å². The van der Waals surface area contributed by atoms with Crippen molar-refractivity contribution in [2.75, 3.05) is 0 Å². The largest absolute Gasteiger partial charge is 0.351 e. The minimum absolute atomic E-state index is 0.118. The van der Waals surface area contributed by atoms with Crippen LogP contribution in [-0.4, -0.2) is 20.4 Å². The van der Waals surface area contributed by atoms with Crippen LogP contribution in [0.15, 0.2) is 83.8 Å². The third-order valence-corrected chi connectivity index (χ3v) is 6.14. The fourth-order valence-electron chi connectivity index (χ4n) is 2.82. The minimum atomic E-state index is -4.02. The molecule has 3 aromatic rings. The lowest BCUT2D eigenvalue weighted by Crippen LogP contribution is -2.47. The molecular weight excluding hydrogens is 427 g/mol. The highest BCUT2D eigenvalue weighted by Gasteiger charge is 2.26. The zero-order chi connectivity index (χ0) is 21.6. The maximum Gasteiger partial charge on any atom is 0.241 e. The van der Waals surface area contributed by atoms with Crippen LogP contribution in [0.1, 0.15) is 11.1 Å². The molecule has 0 radical (unpaired) electrons. The van der Waals surface area contributed by atoms with Gasteiger partial charge in [-0.05, 0) is 53.9 Å². The Bertz CT molecular complexity index is 1090. The highest BCUT2D eigenvalue weighted by molar-refractivity contribution is 7.89. The SMILES string of the molecule is O=C(NCc1ccc(Cl)cc1)[C@@H](Cc1ccccc1)NS(=O)(=O)c1ccc(F)cc1. The summed E-state index contributed by atoms with van der Waals surface area (Å²) in [6.07, 6.45) is 0.160. The van der Waals surface area contributed by atoms with E-state index >= 15 is 0 Å². The summed E-state index contributed by atoms with van der Waals surface area (Å²) in [5.74, 6) is -1.02. The molecule has 0 heterocycles. The number of carbonyl (C=O) groups is 1. The van der Waals surface area contributed by atoms with Gasteiger partial charge in [0.1, 0.15) is 11.9 Å². The number of nitrogens with one attached hydrogen (secondary N) is 2. The Kier molecular flexibility index (Phi) is 7.20. The van der Waals surface area contributed by atoms with Crippen molar-refractivity contribution in [1.82, 2.24) is 10.0 Å². The molecule has 1 amide bonds. The number of rotatable bonds is 8.